The van der Waals surface area contributed by atoms with Crippen LogP contribution in [0.3, 0.4) is 0 Å². The monoisotopic (exact) mass is 239 g/mol. The van der Waals surface area contributed by atoms with Gasteiger partial charge in [0, 0.05) is 24.0 Å². The van der Waals surface area contributed by atoms with E-state index in [0.717, 1.165) is 32.5 Å². The second-order valence-corrected chi connectivity index (χ2v) is 5.78. The first-order valence-electron chi connectivity index (χ1n) is 6.03. The van der Waals surface area contributed by atoms with Gasteiger partial charge in [0.25, 0.3) is 0 Å². The predicted molar refractivity (Wildman–Crippen MR) is 68.8 cm³/mol. The van der Waals surface area contributed by atoms with Crippen molar-refractivity contribution >= 4 is 11.3 Å². The number of piperidine rings is 1. The number of rotatable bonds is 3. The summed E-state index contributed by atoms with van der Waals surface area (Å²) in [6, 6.07) is 0.404. The molecule has 1 aliphatic heterocycles. The van der Waals surface area contributed by atoms with E-state index in [1.807, 2.05) is 5.51 Å². The SMILES string of the molecule is Cc1ncsc1CCN1CCC(N)C(C)C1. The summed E-state index contributed by atoms with van der Waals surface area (Å²) in [6.45, 7) is 7.82. The van der Waals surface area contributed by atoms with Gasteiger partial charge in [-0.2, -0.15) is 0 Å². The van der Waals surface area contributed by atoms with Crippen molar-refractivity contribution in [2.75, 3.05) is 19.6 Å². The van der Waals surface area contributed by atoms with Gasteiger partial charge < -0.3 is 10.6 Å². The molecule has 2 rings (SSSR count). The third-order valence-electron chi connectivity index (χ3n) is 3.56. The number of aromatic nitrogens is 1. The number of thiazole rings is 1. The van der Waals surface area contributed by atoms with E-state index < -0.39 is 0 Å². The first-order chi connectivity index (χ1) is 7.66. The van der Waals surface area contributed by atoms with E-state index in [1.165, 1.54) is 10.6 Å². The molecule has 0 amide bonds. The average molecular weight is 239 g/mol. The summed E-state index contributed by atoms with van der Waals surface area (Å²) in [4.78, 5) is 8.26. The lowest BCUT2D eigenvalue weighted by Crippen LogP contribution is -2.46. The topological polar surface area (TPSA) is 42.2 Å². The van der Waals surface area contributed by atoms with Gasteiger partial charge in [-0.15, -0.1) is 11.3 Å². The molecule has 16 heavy (non-hydrogen) atoms. The zero-order chi connectivity index (χ0) is 11.5. The van der Waals surface area contributed by atoms with Crippen molar-refractivity contribution in [3.8, 4) is 0 Å². The van der Waals surface area contributed by atoms with Gasteiger partial charge in [0.05, 0.1) is 11.2 Å². The predicted octanol–water partition coefficient (Wildman–Crippen LogP) is 1.66. The molecule has 1 aromatic rings. The standard InChI is InChI=1S/C12H21N3S/c1-9-7-15(5-3-11(9)13)6-4-12-10(2)14-8-16-12/h8-9,11H,3-7,13H2,1-2H3. The molecule has 1 aromatic heterocycles. The maximum absolute atomic E-state index is 6.02. The van der Waals surface area contributed by atoms with Gasteiger partial charge in [-0.1, -0.05) is 6.92 Å². The maximum atomic E-state index is 6.02. The van der Waals surface area contributed by atoms with Gasteiger partial charge in [-0.05, 0) is 32.2 Å². The van der Waals surface area contributed by atoms with Crippen molar-refractivity contribution in [3.63, 3.8) is 0 Å². The molecule has 1 saturated heterocycles. The molecule has 2 atom stereocenters. The van der Waals surface area contributed by atoms with Gasteiger partial charge in [0.2, 0.25) is 0 Å². The molecular weight excluding hydrogens is 218 g/mol. The Balaban J connectivity index is 1.81. The highest BCUT2D eigenvalue weighted by Gasteiger charge is 2.22. The van der Waals surface area contributed by atoms with E-state index in [-0.39, 0.29) is 0 Å². The summed E-state index contributed by atoms with van der Waals surface area (Å²) in [7, 11) is 0. The van der Waals surface area contributed by atoms with E-state index in [2.05, 4.69) is 23.7 Å². The van der Waals surface area contributed by atoms with Crippen LogP contribution in [0.5, 0.6) is 0 Å². The molecule has 0 radical (unpaired) electrons. The molecule has 2 N–H and O–H groups in total. The Labute approximate surface area is 102 Å². The number of nitrogens with zero attached hydrogens (tertiary/aromatic N) is 2. The van der Waals surface area contributed by atoms with E-state index in [4.69, 9.17) is 5.73 Å². The van der Waals surface area contributed by atoms with Crippen LogP contribution < -0.4 is 5.73 Å². The zero-order valence-corrected chi connectivity index (χ0v) is 11.0. The molecule has 1 aliphatic rings. The fraction of sp³-hybridized carbons (Fsp3) is 0.750. The van der Waals surface area contributed by atoms with Crippen LogP contribution in [0.15, 0.2) is 5.51 Å². The Morgan fingerprint density at radius 3 is 3.06 bits per heavy atom. The lowest BCUT2D eigenvalue weighted by molar-refractivity contribution is 0.166. The van der Waals surface area contributed by atoms with Crippen LogP contribution in [0.1, 0.15) is 23.9 Å². The van der Waals surface area contributed by atoms with E-state index in [1.54, 1.807) is 11.3 Å². The number of hydrogen-bond donors (Lipinski definition) is 1. The number of nitrogens with two attached hydrogens (primary N) is 1. The van der Waals surface area contributed by atoms with Gasteiger partial charge in [0.1, 0.15) is 0 Å². The van der Waals surface area contributed by atoms with Crippen molar-refractivity contribution in [1.82, 2.24) is 9.88 Å². The normalized spacial score (nSPS) is 27.2. The lowest BCUT2D eigenvalue weighted by atomic mass is 9.95. The summed E-state index contributed by atoms with van der Waals surface area (Å²) < 4.78 is 0. The van der Waals surface area contributed by atoms with Crippen molar-refractivity contribution in [3.05, 3.63) is 16.1 Å². The maximum Gasteiger partial charge on any atom is 0.0797 e. The highest BCUT2D eigenvalue weighted by atomic mass is 32.1. The Bertz CT molecular complexity index is 337. The highest BCUT2D eigenvalue weighted by molar-refractivity contribution is 7.09. The van der Waals surface area contributed by atoms with Crippen molar-refractivity contribution in [2.45, 2.75) is 32.7 Å². The van der Waals surface area contributed by atoms with E-state index >= 15 is 0 Å². The van der Waals surface area contributed by atoms with Crippen molar-refractivity contribution in [2.24, 2.45) is 11.7 Å². The molecule has 0 aromatic carbocycles. The first-order valence-corrected chi connectivity index (χ1v) is 6.91. The molecule has 0 bridgehead atoms. The van der Waals surface area contributed by atoms with Crippen molar-refractivity contribution < 1.29 is 0 Å². The minimum atomic E-state index is 0.404. The second kappa shape index (κ2) is 5.25. The molecule has 0 aliphatic carbocycles. The molecule has 0 saturated carbocycles. The van der Waals surface area contributed by atoms with Crippen LogP contribution in [0.25, 0.3) is 0 Å². The number of hydrogen-bond acceptors (Lipinski definition) is 4. The molecule has 2 unspecified atom stereocenters. The largest absolute Gasteiger partial charge is 0.327 e. The van der Waals surface area contributed by atoms with Gasteiger partial charge in [0.15, 0.2) is 0 Å². The summed E-state index contributed by atoms with van der Waals surface area (Å²) >= 11 is 1.78. The third kappa shape index (κ3) is 2.81. The van der Waals surface area contributed by atoms with Crippen LogP contribution in [0.2, 0.25) is 0 Å². The number of likely N-dealkylation sites (tertiary alicyclic amines) is 1. The third-order valence-corrected chi connectivity index (χ3v) is 4.55. The summed E-state index contributed by atoms with van der Waals surface area (Å²) in [5.74, 6) is 0.635. The molecule has 0 spiro atoms. The molecular formula is C12H21N3S. The smallest absolute Gasteiger partial charge is 0.0797 e. The second-order valence-electron chi connectivity index (χ2n) is 4.84. The van der Waals surface area contributed by atoms with E-state index in [9.17, 15) is 0 Å². The highest BCUT2D eigenvalue weighted by Crippen LogP contribution is 2.17. The van der Waals surface area contributed by atoms with Crippen LogP contribution in [-0.4, -0.2) is 35.6 Å². The molecule has 2 heterocycles. The fourth-order valence-corrected chi connectivity index (χ4v) is 3.05. The van der Waals surface area contributed by atoms with Crippen molar-refractivity contribution in [1.29, 1.82) is 0 Å². The minimum Gasteiger partial charge on any atom is -0.327 e. The Kier molecular flexibility index (Phi) is 3.95. The van der Waals surface area contributed by atoms with Crippen LogP contribution in [-0.2, 0) is 6.42 Å². The first kappa shape index (κ1) is 12.0. The van der Waals surface area contributed by atoms with Gasteiger partial charge in [-0.3, -0.25) is 0 Å². The lowest BCUT2D eigenvalue weighted by Gasteiger charge is -2.34. The average Bonchev–Trinajstić information content (AvgIpc) is 2.66. The summed E-state index contributed by atoms with van der Waals surface area (Å²) in [6.07, 6.45) is 2.28. The Hall–Kier alpha value is -0.450. The summed E-state index contributed by atoms with van der Waals surface area (Å²) in [5.41, 5.74) is 9.17. The van der Waals surface area contributed by atoms with Crippen LogP contribution >= 0.6 is 11.3 Å². The molecule has 4 heteroatoms. The van der Waals surface area contributed by atoms with Gasteiger partial charge in [-0.25, -0.2) is 4.98 Å². The fourth-order valence-electron chi connectivity index (χ4n) is 2.28. The summed E-state index contributed by atoms with van der Waals surface area (Å²) in [5, 5.41) is 0. The van der Waals surface area contributed by atoms with Crippen LogP contribution in [0.4, 0.5) is 0 Å². The number of aryl methyl sites for hydroxylation is 1. The van der Waals surface area contributed by atoms with E-state index in [0.29, 0.717) is 12.0 Å². The minimum absolute atomic E-state index is 0.404. The molecule has 90 valence electrons. The molecule has 1 fully saturated rings. The van der Waals surface area contributed by atoms with Crippen LogP contribution in [0, 0.1) is 12.8 Å². The Morgan fingerprint density at radius 2 is 2.44 bits per heavy atom. The zero-order valence-electron chi connectivity index (χ0n) is 10.1. The Morgan fingerprint density at radius 1 is 1.62 bits per heavy atom. The quantitative estimate of drug-likeness (QED) is 0.872. The molecule has 3 nitrogen and oxygen atoms in total. The van der Waals surface area contributed by atoms with Gasteiger partial charge >= 0.3 is 0 Å².